The monoisotopic (exact) mass is 355 g/mol. The van der Waals surface area contributed by atoms with Crippen LogP contribution in [0.4, 0.5) is 0 Å². The van der Waals surface area contributed by atoms with Crippen molar-refractivity contribution in [3.05, 3.63) is 45.9 Å². The first-order chi connectivity index (χ1) is 12.6. The van der Waals surface area contributed by atoms with Gasteiger partial charge in [0.25, 0.3) is 5.56 Å². The fourth-order valence-corrected chi connectivity index (χ4v) is 4.20. The van der Waals surface area contributed by atoms with E-state index in [9.17, 15) is 4.79 Å². The van der Waals surface area contributed by atoms with Crippen LogP contribution in [0, 0.1) is 5.92 Å². The van der Waals surface area contributed by atoms with Crippen molar-refractivity contribution >= 4 is 0 Å². The zero-order valence-electron chi connectivity index (χ0n) is 15.9. The van der Waals surface area contributed by atoms with E-state index in [1.54, 1.807) is 17.0 Å². The van der Waals surface area contributed by atoms with Gasteiger partial charge >= 0.3 is 0 Å². The van der Waals surface area contributed by atoms with Gasteiger partial charge in [-0.2, -0.15) is 5.10 Å². The average Bonchev–Trinajstić information content (AvgIpc) is 3.23. The Bertz CT molecular complexity index is 814. The largest absolute Gasteiger partial charge is 0.299 e. The zero-order valence-corrected chi connectivity index (χ0v) is 15.9. The summed E-state index contributed by atoms with van der Waals surface area (Å²) in [7, 11) is 0. The molecule has 0 saturated carbocycles. The van der Waals surface area contributed by atoms with Crippen molar-refractivity contribution in [2.24, 2.45) is 5.92 Å². The fraction of sp³-hybridized carbons (Fsp3) is 0.650. The van der Waals surface area contributed by atoms with Crippen molar-refractivity contribution < 1.29 is 0 Å². The van der Waals surface area contributed by atoms with E-state index in [1.807, 2.05) is 0 Å². The Labute approximate surface area is 154 Å². The van der Waals surface area contributed by atoms with E-state index in [0.29, 0.717) is 11.8 Å². The minimum absolute atomic E-state index is 0.0848. The molecule has 1 saturated heterocycles. The second kappa shape index (κ2) is 7.35. The minimum Gasteiger partial charge on any atom is -0.299 e. The Balaban J connectivity index is 1.32. The first-order valence-corrected chi connectivity index (χ1v) is 9.92. The topological polar surface area (TPSA) is 56.0 Å². The smallest absolute Gasteiger partial charge is 0.253 e. The van der Waals surface area contributed by atoms with Crippen molar-refractivity contribution in [3.63, 3.8) is 0 Å². The van der Waals surface area contributed by atoms with Crippen LogP contribution in [0.2, 0.25) is 0 Å². The molecule has 2 aromatic rings. The Morgan fingerprint density at radius 2 is 2.04 bits per heavy atom. The van der Waals surface area contributed by atoms with Gasteiger partial charge in [0, 0.05) is 37.0 Å². The maximum atomic E-state index is 12.3. The molecule has 0 aromatic carbocycles. The third-order valence-corrected chi connectivity index (χ3v) is 5.87. The summed E-state index contributed by atoms with van der Waals surface area (Å²) < 4.78 is 3.96. The maximum absolute atomic E-state index is 12.3. The van der Waals surface area contributed by atoms with Crippen molar-refractivity contribution in [2.75, 3.05) is 13.1 Å². The molecule has 2 aliphatic rings. The number of piperidine rings is 1. The Kier molecular flexibility index (Phi) is 4.94. The predicted octanol–water partition coefficient (Wildman–Crippen LogP) is 2.42. The lowest BCUT2D eigenvalue weighted by molar-refractivity contribution is 0.166. The van der Waals surface area contributed by atoms with Crippen molar-refractivity contribution in [1.29, 1.82) is 0 Å². The molecule has 2 aliphatic heterocycles. The third kappa shape index (κ3) is 3.61. The van der Waals surface area contributed by atoms with Gasteiger partial charge in [0.1, 0.15) is 0 Å². The number of nitrogens with zero attached hydrogens (tertiary/aromatic N) is 5. The molecule has 0 aliphatic carbocycles. The molecule has 6 heteroatoms. The lowest BCUT2D eigenvalue weighted by atomic mass is 9.96. The molecule has 140 valence electrons. The van der Waals surface area contributed by atoms with Gasteiger partial charge in [-0.05, 0) is 50.6 Å². The number of likely N-dealkylation sites (tertiary alicyclic amines) is 1. The van der Waals surface area contributed by atoms with E-state index < -0.39 is 0 Å². The highest BCUT2D eigenvalue weighted by atomic mass is 16.1. The molecule has 0 bridgehead atoms. The van der Waals surface area contributed by atoms with Crippen LogP contribution in [0.1, 0.15) is 56.0 Å². The highest BCUT2D eigenvalue weighted by molar-refractivity contribution is 5.20. The van der Waals surface area contributed by atoms with Crippen LogP contribution in [0.25, 0.3) is 0 Å². The number of fused-ring (bicyclic) bond motifs is 1. The van der Waals surface area contributed by atoms with Crippen LogP contribution in [0.5, 0.6) is 0 Å². The highest BCUT2D eigenvalue weighted by Crippen LogP contribution is 2.23. The third-order valence-electron chi connectivity index (χ3n) is 5.87. The molecule has 0 amide bonds. The molecular formula is C20H29N5O. The van der Waals surface area contributed by atoms with E-state index in [-0.39, 0.29) is 5.56 Å². The van der Waals surface area contributed by atoms with Crippen molar-refractivity contribution in [3.8, 4) is 0 Å². The van der Waals surface area contributed by atoms with E-state index in [1.165, 1.54) is 24.1 Å². The Morgan fingerprint density at radius 1 is 1.23 bits per heavy atom. The Hall–Kier alpha value is -1.95. The van der Waals surface area contributed by atoms with Gasteiger partial charge in [-0.3, -0.25) is 18.9 Å². The summed E-state index contributed by atoms with van der Waals surface area (Å²) in [6, 6.07) is 1.69. The molecule has 6 nitrogen and oxygen atoms in total. The van der Waals surface area contributed by atoms with E-state index >= 15 is 0 Å². The van der Waals surface area contributed by atoms with Crippen molar-refractivity contribution in [1.82, 2.24) is 24.2 Å². The van der Waals surface area contributed by atoms with Crippen LogP contribution in [0.15, 0.2) is 23.4 Å². The quantitative estimate of drug-likeness (QED) is 0.827. The number of hydrogen-bond acceptors (Lipinski definition) is 4. The summed E-state index contributed by atoms with van der Waals surface area (Å²) in [6.45, 7) is 9.22. The lowest BCUT2D eigenvalue weighted by Crippen LogP contribution is -2.36. The second-order valence-corrected chi connectivity index (χ2v) is 8.12. The summed E-state index contributed by atoms with van der Waals surface area (Å²) in [6.07, 6.45) is 8.48. The van der Waals surface area contributed by atoms with E-state index in [0.717, 1.165) is 51.3 Å². The normalized spacial score (nSPS) is 18.6. The second-order valence-electron chi connectivity index (χ2n) is 8.12. The Morgan fingerprint density at radius 3 is 2.77 bits per heavy atom. The number of hydrogen-bond donors (Lipinski definition) is 0. The summed E-state index contributed by atoms with van der Waals surface area (Å²) in [4.78, 5) is 19.3. The number of rotatable bonds is 5. The summed E-state index contributed by atoms with van der Waals surface area (Å²) in [5.74, 6) is 0.861. The highest BCUT2D eigenvalue weighted by Gasteiger charge is 2.23. The van der Waals surface area contributed by atoms with Gasteiger partial charge in [-0.15, -0.1) is 0 Å². The van der Waals surface area contributed by atoms with Gasteiger partial charge in [0.05, 0.1) is 18.2 Å². The van der Waals surface area contributed by atoms with E-state index in [4.69, 9.17) is 0 Å². The van der Waals surface area contributed by atoms with Gasteiger partial charge in [0.15, 0.2) is 0 Å². The van der Waals surface area contributed by atoms with Gasteiger partial charge in [-0.25, -0.2) is 4.98 Å². The predicted molar refractivity (Wildman–Crippen MR) is 101 cm³/mol. The van der Waals surface area contributed by atoms with Crippen molar-refractivity contribution in [2.45, 2.75) is 65.1 Å². The van der Waals surface area contributed by atoms with Crippen LogP contribution in [0.3, 0.4) is 0 Å². The van der Waals surface area contributed by atoms with Crippen LogP contribution >= 0.6 is 0 Å². The zero-order chi connectivity index (χ0) is 18.1. The SMILES string of the molecule is CC(C)c1cc(=O)n(CC2CCN(Cc3cnn4c3CCC4)CC2)cn1. The number of aryl methyl sites for hydroxylation is 1. The summed E-state index contributed by atoms with van der Waals surface area (Å²) in [5.41, 5.74) is 3.82. The van der Waals surface area contributed by atoms with Gasteiger partial charge in [0.2, 0.25) is 0 Å². The molecule has 0 spiro atoms. The summed E-state index contributed by atoms with van der Waals surface area (Å²) >= 11 is 0. The van der Waals surface area contributed by atoms with Crippen LogP contribution in [-0.4, -0.2) is 37.3 Å². The molecule has 26 heavy (non-hydrogen) atoms. The summed E-state index contributed by atoms with van der Waals surface area (Å²) in [5, 5.41) is 4.51. The van der Waals surface area contributed by atoms with Crippen LogP contribution < -0.4 is 5.56 Å². The first kappa shape index (κ1) is 17.5. The average molecular weight is 355 g/mol. The molecule has 0 atom stereocenters. The molecular weight excluding hydrogens is 326 g/mol. The van der Waals surface area contributed by atoms with E-state index in [2.05, 4.69) is 39.7 Å². The van der Waals surface area contributed by atoms with Gasteiger partial charge in [-0.1, -0.05) is 13.8 Å². The molecule has 4 rings (SSSR count). The first-order valence-electron chi connectivity index (χ1n) is 9.92. The van der Waals surface area contributed by atoms with Gasteiger partial charge < -0.3 is 0 Å². The number of aromatic nitrogens is 4. The molecule has 2 aromatic heterocycles. The minimum atomic E-state index is 0.0848. The fourth-order valence-electron chi connectivity index (χ4n) is 4.20. The molecule has 0 N–H and O–H groups in total. The molecule has 1 fully saturated rings. The lowest BCUT2D eigenvalue weighted by Gasteiger charge is -2.32. The maximum Gasteiger partial charge on any atom is 0.253 e. The molecule has 0 unspecified atom stereocenters. The standard InChI is InChI=1S/C20H29N5O/c1-15(2)18-10-20(26)24(14-21-18)12-16-5-8-23(9-6-16)13-17-11-22-25-7-3-4-19(17)25/h10-11,14-16H,3-9,12-13H2,1-2H3. The molecule has 0 radical (unpaired) electrons. The van der Waals surface area contributed by atoms with Crippen LogP contribution in [-0.2, 0) is 26.1 Å². The molecule has 4 heterocycles.